The van der Waals surface area contributed by atoms with E-state index in [0.29, 0.717) is 22.7 Å². The molecule has 2 rings (SSSR count). The van der Waals surface area contributed by atoms with E-state index < -0.39 is 6.04 Å². The minimum Gasteiger partial charge on any atom is -0.340 e. The molecule has 1 atom stereocenters. The van der Waals surface area contributed by atoms with Gasteiger partial charge in [-0.3, -0.25) is 9.59 Å². The van der Waals surface area contributed by atoms with Crippen LogP contribution in [0.15, 0.2) is 53.0 Å². The van der Waals surface area contributed by atoms with Gasteiger partial charge in [0.1, 0.15) is 6.04 Å². The molecule has 2 aromatic carbocycles. The van der Waals surface area contributed by atoms with Crippen molar-refractivity contribution in [2.24, 2.45) is 5.92 Å². The van der Waals surface area contributed by atoms with E-state index in [9.17, 15) is 9.59 Å². The Morgan fingerprint density at radius 3 is 2.20 bits per heavy atom. The maximum Gasteiger partial charge on any atom is 0.251 e. The number of carbonyl (C=O) groups is 2. The average molecular weight is 424 g/mol. The van der Waals surface area contributed by atoms with Crippen LogP contribution in [0.5, 0.6) is 0 Å². The number of benzene rings is 2. The third kappa shape index (κ3) is 6.18. The molecular formula is C19H20BrClN2O2. The van der Waals surface area contributed by atoms with Gasteiger partial charge in [0.2, 0.25) is 5.91 Å². The first kappa shape index (κ1) is 19.5. The normalized spacial score (nSPS) is 11.9. The van der Waals surface area contributed by atoms with Gasteiger partial charge in [0.15, 0.2) is 0 Å². The summed E-state index contributed by atoms with van der Waals surface area (Å²) in [5, 5.41) is 6.22. The van der Waals surface area contributed by atoms with Crippen molar-refractivity contribution >= 4 is 45.0 Å². The number of rotatable bonds is 6. The van der Waals surface area contributed by atoms with Gasteiger partial charge in [-0.2, -0.15) is 0 Å². The summed E-state index contributed by atoms with van der Waals surface area (Å²) in [5.74, 6) is -0.280. The van der Waals surface area contributed by atoms with Gasteiger partial charge in [0.05, 0.1) is 0 Å². The third-order valence-corrected chi connectivity index (χ3v) is 4.33. The molecule has 0 heterocycles. The second kappa shape index (κ2) is 9.02. The van der Waals surface area contributed by atoms with Crippen LogP contribution >= 0.6 is 27.5 Å². The van der Waals surface area contributed by atoms with Crippen molar-refractivity contribution in [1.82, 2.24) is 5.32 Å². The highest BCUT2D eigenvalue weighted by molar-refractivity contribution is 9.10. The largest absolute Gasteiger partial charge is 0.340 e. The van der Waals surface area contributed by atoms with Gasteiger partial charge in [-0.25, -0.2) is 0 Å². The Morgan fingerprint density at radius 2 is 1.64 bits per heavy atom. The predicted octanol–water partition coefficient (Wildman–Crippen LogP) is 4.89. The van der Waals surface area contributed by atoms with Crippen molar-refractivity contribution in [3.05, 3.63) is 63.6 Å². The molecule has 132 valence electrons. The highest BCUT2D eigenvalue weighted by atomic mass is 79.9. The van der Waals surface area contributed by atoms with Crippen molar-refractivity contribution in [2.45, 2.75) is 26.3 Å². The zero-order valence-corrected chi connectivity index (χ0v) is 16.4. The summed E-state index contributed by atoms with van der Waals surface area (Å²) in [6.07, 6.45) is 0.543. The van der Waals surface area contributed by atoms with E-state index >= 15 is 0 Å². The van der Waals surface area contributed by atoms with E-state index in [1.807, 2.05) is 26.0 Å². The van der Waals surface area contributed by atoms with Crippen molar-refractivity contribution < 1.29 is 9.59 Å². The lowest BCUT2D eigenvalue weighted by molar-refractivity contribution is -0.118. The molecule has 0 saturated heterocycles. The summed E-state index contributed by atoms with van der Waals surface area (Å²) in [6, 6.07) is 13.2. The van der Waals surface area contributed by atoms with Crippen LogP contribution in [0, 0.1) is 5.92 Å². The molecule has 0 aliphatic rings. The average Bonchev–Trinajstić information content (AvgIpc) is 2.56. The molecule has 0 unspecified atom stereocenters. The van der Waals surface area contributed by atoms with Gasteiger partial charge in [0, 0.05) is 20.7 Å². The number of halogens is 2. The van der Waals surface area contributed by atoms with Crippen LogP contribution in [0.1, 0.15) is 30.6 Å². The van der Waals surface area contributed by atoms with Crippen LogP contribution in [0.3, 0.4) is 0 Å². The van der Waals surface area contributed by atoms with E-state index in [0.717, 1.165) is 4.47 Å². The first-order valence-corrected chi connectivity index (χ1v) is 9.15. The molecule has 2 amide bonds. The summed E-state index contributed by atoms with van der Waals surface area (Å²) < 4.78 is 0.931. The van der Waals surface area contributed by atoms with E-state index in [-0.39, 0.29) is 17.7 Å². The van der Waals surface area contributed by atoms with E-state index in [1.54, 1.807) is 36.4 Å². The van der Waals surface area contributed by atoms with Crippen LogP contribution in [-0.2, 0) is 4.79 Å². The predicted molar refractivity (Wildman–Crippen MR) is 105 cm³/mol. The minimum absolute atomic E-state index is 0.238. The van der Waals surface area contributed by atoms with Crippen molar-refractivity contribution in [3.8, 4) is 0 Å². The zero-order valence-electron chi connectivity index (χ0n) is 14.1. The summed E-state index contributed by atoms with van der Waals surface area (Å²) in [6.45, 7) is 4.02. The first-order chi connectivity index (χ1) is 11.8. The van der Waals surface area contributed by atoms with Crippen LogP contribution in [0.2, 0.25) is 5.02 Å². The van der Waals surface area contributed by atoms with E-state index in [1.165, 1.54) is 0 Å². The van der Waals surface area contributed by atoms with Crippen molar-refractivity contribution in [2.75, 3.05) is 5.32 Å². The molecule has 0 saturated carbocycles. The Kier molecular flexibility index (Phi) is 7.02. The molecule has 2 N–H and O–H groups in total. The maximum absolute atomic E-state index is 12.6. The molecule has 0 aliphatic heterocycles. The van der Waals surface area contributed by atoms with Gasteiger partial charge in [-0.1, -0.05) is 41.4 Å². The standard InChI is InChI=1S/C19H20BrClN2O2/c1-12(2)11-17(19(25)22-16-9-5-14(20)6-10-16)23-18(24)13-3-7-15(21)8-4-13/h3-10,12,17H,11H2,1-2H3,(H,22,25)(H,23,24)/t17-/m0/s1. The molecule has 0 bridgehead atoms. The Balaban J connectivity index is 2.08. The summed E-state index contributed by atoms with van der Waals surface area (Å²) in [5.41, 5.74) is 1.15. The molecular weight excluding hydrogens is 404 g/mol. The number of hydrogen-bond donors (Lipinski definition) is 2. The molecule has 6 heteroatoms. The zero-order chi connectivity index (χ0) is 18.4. The fourth-order valence-corrected chi connectivity index (χ4v) is 2.70. The second-order valence-electron chi connectivity index (χ2n) is 6.16. The quantitative estimate of drug-likeness (QED) is 0.695. The first-order valence-electron chi connectivity index (χ1n) is 7.98. The molecule has 0 spiro atoms. The number of amides is 2. The summed E-state index contributed by atoms with van der Waals surface area (Å²) >= 11 is 9.20. The monoisotopic (exact) mass is 422 g/mol. The van der Waals surface area contributed by atoms with Crippen molar-refractivity contribution in [3.63, 3.8) is 0 Å². The van der Waals surface area contributed by atoms with Crippen LogP contribution < -0.4 is 10.6 Å². The highest BCUT2D eigenvalue weighted by Gasteiger charge is 2.22. The Hall–Kier alpha value is -1.85. The SMILES string of the molecule is CC(C)C[C@H](NC(=O)c1ccc(Cl)cc1)C(=O)Nc1ccc(Br)cc1. The lowest BCUT2D eigenvalue weighted by Crippen LogP contribution is -2.44. The lowest BCUT2D eigenvalue weighted by atomic mass is 10.0. The molecule has 0 fully saturated rings. The Morgan fingerprint density at radius 1 is 1.04 bits per heavy atom. The van der Waals surface area contributed by atoms with E-state index in [4.69, 9.17) is 11.6 Å². The third-order valence-electron chi connectivity index (χ3n) is 3.55. The number of nitrogens with one attached hydrogen (secondary N) is 2. The fraction of sp³-hybridized carbons (Fsp3) is 0.263. The van der Waals surface area contributed by atoms with Crippen molar-refractivity contribution in [1.29, 1.82) is 0 Å². The minimum atomic E-state index is -0.619. The van der Waals surface area contributed by atoms with Crippen LogP contribution in [0.25, 0.3) is 0 Å². The molecule has 4 nitrogen and oxygen atoms in total. The van der Waals surface area contributed by atoms with Gasteiger partial charge >= 0.3 is 0 Å². The maximum atomic E-state index is 12.6. The number of carbonyl (C=O) groups excluding carboxylic acids is 2. The molecule has 25 heavy (non-hydrogen) atoms. The topological polar surface area (TPSA) is 58.2 Å². The second-order valence-corrected chi connectivity index (χ2v) is 7.51. The Bertz CT molecular complexity index is 730. The lowest BCUT2D eigenvalue weighted by Gasteiger charge is -2.20. The molecule has 0 radical (unpaired) electrons. The van der Waals surface area contributed by atoms with Gasteiger partial charge in [-0.05, 0) is 60.9 Å². The number of hydrogen-bond acceptors (Lipinski definition) is 2. The van der Waals surface area contributed by atoms with Gasteiger partial charge < -0.3 is 10.6 Å². The smallest absolute Gasteiger partial charge is 0.251 e. The highest BCUT2D eigenvalue weighted by Crippen LogP contribution is 2.16. The van der Waals surface area contributed by atoms with Crippen LogP contribution in [0.4, 0.5) is 5.69 Å². The Labute approximate surface area is 161 Å². The molecule has 2 aromatic rings. The summed E-state index contributed by atoms with van der Waals surface area (Å²) in [7, 11) is 0. The molecule has 0 aromatic heterocycles. The number of anilines is 1. The van der Waals surface area contributed by atoms with Crippen LogP contribution in [-0.4, -0.2) is 17.9 Å². The van der Waals surface area contributed by atoms with Gasteiger partial charge in [-0.15, -0.1) is 0 Å². The fourth-order valence-electron chi connectivity index (χ4n) is 2.31. The molecule has 0 aliphatic carbocycles. The van der Waals surface area contributed by atoms with Gasteiger partial charge in [0.25, 0.3) is 5.91 Å². The van der Waals surface area contributed by atoms with E-state index in [2.05, 4.69) is 26.6 Å². The summed E-state index contributed by atoms with van der Waals surface area (Å²) in [4.78, 5) is 25.0.